The third-order valence-corrected chi connectivity index (χ3v) is 1.85. The molecule has 6 nitrogen and oxygen atoms in total. The van der Waals surface area contributed by atoms with Crippen LogP contribution in [0.1, 0.15) is 26.7 Å². The van der Waals surface area contributed by atoms with Gasteiger partial charge >= 0.3 is 12.0 Å². The molecule has 0 bridgehead atoms. The summed E-state index contributed by atoms with van der Waals surface area (Å²) >= 11 is 0. The largest absolute Gasteiger partial charge is 0.480 e. The summed E-state index contributed by atoms with van der Waals surface area (Å²) < 4.78 is 0. The lowest BCUT2D eigenvalue weighted by Gasteiger charge is -2.17. The molecular weight excluding hydrogens is 200 g/mol. The Morgan fingerprint density at radius 2 is 2.00 bits per heavy atom. The molecule has 0 saturated carbocycles. The topological polar surface area (TPSA) is 98.7 Å². The van der Waals surface area contributed by atoms with Crippen molar-refractivity contribution in [1.29, 1.82) is 0 Å². The minimum Gasteiger partial charge on any atom is -0.480 e. The smallest absolute Gasteiger partial charge is 0.328 e. The zero-order valence-electron chi connectivity index (χ0n) is 8.99. The van der Waals surface area contributed by atoms with Gasteiger partial charge in [-0.1, -0.05) is 13.3 Å². The van der Waals surface area contributed by atoms with E-state index >= 15 is 0 Å². The molecule has 88 valence electrons. The second-order valence-electron chi connectivity index (χ2n) is 3.31. The van der Waals surface area contributed by atoms with Crippen LogP contribution in [-0.2, 0) is 4.79 Å². The number of hydrogen-bond donors (Lipinski definition) is 4. The number of aliphatic hydroxyl groups excluding tert-OH is 1. The van der Waals surface area contributed by atoms with Crippen LogP contribution in [0.5, 0.6) is 0 Å². The van der Waals surface area contributed by atoms with E-state index in [9.17, 15) is 9.59 Å². The first kappa shape index (κ1) is 13.7. The third-order valence-electron chi connectivity index (χ3n) is 1.85. The summed E-state index contributed by atoms with van der Waals surface area (Å²) in [5, 5.41) is 22.4. The number of aliphatic carboxylic acids is 1. The standard InChI is InChI=1S/C9H18N2O4/c1-3-4-5-10-9(15)11-7(6(2)12)8(13)14/h6-7,12H,3-5H2,1-2H3,(H,13,14)(H2,10,11,15). The fraction of sp³-hybridized carbons (Fsp3) is 0.778. The normalized spacial score (nSPS) is 14.1. The minimum atomic E-state index is -1.27. The maximum atomic E-state index is 11.1. The number of carbonyl (C=O) groups excluding carboxylic acids is 1. The van der Waals surface area contributed by atoms with Crippen molar-refractivity contribution in [1.82, 2.24) is 10.6 Å². The van der Waals surface area contributed by atoms with E-state index in [1.54, 1.807) is 0 Å². The highest BCUT2D eigenvalue weighted by atomic mass is 16.4. The van der Waals surface area contributed by atoms with Crippen molar-refractivity contribution < 1.29 is 19.8 Å². The number of unbranched alkanes of at least 4 members (excludes halogenated alkanes) is 1. The van der Waals surface area contributed by atoms with Crippen molar-refractivity contribution in [2.24, 2.45) is 0 Å². The lowest BCUT2D eigenvalue weighted by molar-refractivity contribution is -0.141. The van der Waals surface area contributed by atoms with Gasteiger partial charge in [0.05, 0.1) is 6.10 Å². The monoisotopic (exact) mass is 218 g/mol. The van der Waals surface area contributed by atoms with Gasteiger partial charge in [0.25, 0.3) is 0 Å². The van der Waals surface area contributed by atoms with Crippen molar-refractivity contribution >= 4 is 12.0 Å². The molecule has 0 aromatic carbocycles. The number of rotatable bonds is 6. The van der Waals surface area contributed by atoms with E-state index in [4.69, 9.17) is 10.2 Å². The number of carboxylic acid groups (broad SMARTS) is 1. The van der Waals surface area contributed by atoms with Gasteiger partial charge < -0.3 is 20.8 Å². The molecule has 0 aliphatic rings. The molecule has 0 radical (unpaired) electrons. The van der Waals surface area contributed by atoms with Crippen LogP contribution in [0.15, 0.2) is 0 Å². The molecule has 0 aromatic heterocycles. The highest BCUT2D eigenvalue weighted by Crippen LogP contribution is 1.92. The molecule has 0 rings (SSSR count). The number of aliphatic hydroxyl groups is 1. The molecule has 6 heteroatoms. The van der Waals surface area contributed by atoms with Crippen molar-refractivity contribution in [3.05, 3.63) is 0 Å². The fourth-order valence-corrected chi connectivity index (χ4v) is 0.960. The SMILES string of the molecule is CCCCNC(=O)NC(C(=O)O)C(C)O. The Balaban J connectivity index is 3.95. The average Bonchev–Trinajstić information content (AvgIpc) is 2.13. The van der Waals surface area contributed by atoms with E-state index < -0.39 is 24.1 Å². The second-order valence-corrected chi connectivity index (χ2v) is 3.31. The first-order valence-electron chi connectivity index (χ1n) is 4.94. The Labute approximate surface area is 88.7 Å². The van der Waals surface area contributed by atoms with Gasteiger partial charge in [-0.3, -0.25) is 0 Å². The maximum Gasteiger partial charge on any atom is 0.328 e. The zero-order chi connectivity index (χ0) is 11.8. The van der Waals surface area contributed by atoms with Gasteiger partial charge in [0.1, 0.15) is 0 Å². The first-order chi connectivity index (χ1) is 6.99. The summed E-state index contributed by atoms with van der Waals surface area (Å²) in [7, 11) is 0. The van der Waals surface area contributed by atoms with Gasteiger partial charge in [-0.05, 0) is 13.3 Å². The van der Waals surface area contributed by atoms with Gasteiger partial charge in [0.2, 0.25) is 0 Å². The van der Waals surface area contributed by atoms with Crippen LogP contribution in [0, 0.1) is 0 Å². The van der Waals surface area contributed by atoms with Gasteiger partial charge in [-0.25, -0.2) is 9.59 Å². The number of hydrogen-bond acceptors (Lipinski definition) is 3. The second kappa shape index (κ2) is 7.05. The number of urea groups is 1. The summed E-state index contributed by atoms with van der Waals surface area (Å²) in [6.45, 7) is 3.79. The lowest BCUT2D eigenvalue weighted by Crippen LogP contribution is -2.51. The zero-order valence-corrected chi connectivity index (χ0v) is 8.99. The third kappa shape index (κ3) is 5.90. The highest BCUT2D eigenvalue weighted by molar-refractivity contribution is 5.82. The molecule has 0 aromatic rings. The molecular formula is C9H18N2O4. The summed E-state index contributed by atoms with van der Waals surface area (Å²) in [5.74, 6) is -1.25. The van der Waals surface area contributed by atoms with Crippen LogP contribution in [0.2, 0.25) is 0 Å². The van der Waals surface area contributed by atoms with Crippen LogP contribution in [-0.4, -0.2) is 40.9 Å². The van der Waals surface area contributed by atoms with Crippen LogP contribution < -0.4 is 10.6 Å². The molecule has 0 aliphatic heterocycles. The average molecular weight is 218 g/mol. The Hall–Kier alpha value is -1.30. The van der Waals surface area contributed by atoms with Crippen LogP contribution in [0.3, 0.4) is 0 Å². The van der Waals surface area contributed by atoms with E-state index in [0.717, 1.165) is 12.8 Å². The van der Waals surface area contributed by atoms with E-state index in [1.807, 2.05) is 6.92 Å². The Kier molecular flexibility index (Phi) is 6.44. The molecule has 2 unspecified atom stereocenters. The van der Waals surface area contributed by atoms with Crippen LogP contribution in [0.4, 0.5) is 4.79 Å². The quantitative estimate of drug-likeness (QED) is 0.468. The van der Waals surface area contributed by atoms with Crippen molar-refractivity contribution in [2.75, 3.05) is 6.54 Å². The summed E-state index contributed by atoms with van der Waals surface area (Å²) in [4.78, 5) is 21.7. The Morgan fingerprint density at radius 1 is 1.40 bits per heavy atom. The van der Waals surface area contributed by atoms with Crippen molar-refractivity contribution in [2.45, 2.75) is 38.8 Å². The van der Waals surface area contributed by atoms with Gasteiger partial charge in [0, 0.05) is 6.54 Å². The van der Waals surface area contributed by atoms with E-state index in [1.165, 1.54) is 6.92 Å². The first-order valence-corrected chi connectivity index (χ1v) is 4.94. The molecule has 0 saturated heterocycles. The van der Waals surface area contributed by atoms with Gasteiger partial charge in [0.15, 0.2) is 6.04 Å². The predicted octanol–water partition coefficient (Wildman–Crippen LogP) is -0.0803. The number of carboxylic acids is 1. The highest BCUT2D eigenvalue weighted by Gasteiger charge is 2.24. The molecule has 2 atom stereocenters. The molecule has 2 amide bonds. The van der Waals surface area contributed by atoms with Crippen LogP contribution >= 0.6 is 0 Å². The minimum absolute atomic E-state index is 0.495. The predicted molar refractivity (Wildman–Crippen MR) is 54.5 cm³/mol. The summed E-state index contributed by atoms with van der Waals surface area (Å²) in [5.41, 5.74) is 0. The van der Waals surface area contributed by atoms with E-state index in [2.05, 4.69) is 10.6 Å². The van der Waals surface area contributed by atoms with E-state index in [-0.39, 0.29) is 0 Å². The lowest BCUT2D eigenvalue weighted by atomic mass is 10.2. The molecule has 0 fully saturated rings. The summed E-state index contributed by atoms with van der Waals surface area (Å²) in [6, 6.07) is -1.84. The molecule has 4 N–H and O–H groups in total. The summed E-state index contributed by atoms with van der Waals surface area (Å²) in [6.07, 6.45) is 0.651. The Morgan fingerprint density at radius 3 is 2.40 bits per heavy atom. The molecule has 0 spiro atoms. The number of carbonyl (C=O) groups is 2. The molecule has 0 heterocycles. The number of nitrogens with one attached hydrogen (secondary N) is 2. The van der Waals surface area contributed by atoms with E-state index in [0.29, 0.717) is 6.54 Å². The molecule has 0 aliphatic carbocycles. The fourth-order valence-electron chi connectivity index (χ4n) is 0.960. The Bertz CT molecular complexity index is 218. The van der Waals surface area contributed by atoms with Crippen LogP contribution in [0.25, 0.3) is 0 Å². The molecule has 15 heavy (non-hydrogen) atoms. The van der Waals surface area contributed by atoms with Crippen molar-refractivity contribution in [3.63, 3.8) is 0 Å². The number of amides is 2. The maximum absolute atomic E-state index is 11.1. The van der Waals surface area contributed by atoms with Gasteiger partial charge in [-0.15, -0.1) is 0 Å². The van der Waals surface area contributed by atoms with Crippen molar-refractivity contribution in [3.8, 4) is 0 Å². The van der Waals surface area contributed by atoms with Gasteiger partial charge in [-0.2, -0.15) is 0 Å².